The number of nitriles is 9. The average molecular weight is 690 g/mol. The van der Waals surface area contributed by atoms with E-state index in [0.29, 0.717) is 0 Å². The molecule has 7 rings (SSSR count). The van der Waals surface area contributed by atoms with E-state index in [2.05, 4.69) is 48.2 Å². The first-order valence-corrected chi connectivity index (χ1v) is 14.9. The van der Waals surface area contributed by atoms with Crippen molar-refractivity contribution in [2.75, 3.05) is 0 Å². The van der Waals surface area contributed by atoms with Gasteiger partial charge in [-0.05, 0) is 42.5 Å². The van der Waals surface area contributed by atoms with E-state index in [9.17, 15) is 47.4 Å². The Morgan fingerprint density at radius 3 is 1.02 bits per heavy atom. The lowest BCUT2D eigenvalue weighted by Crippen LogP contribution is -2.26. The number of allylic oxidation sites excluding steroid dienone is 3. The minimum atomic E-state index is -0.364. The zero-order valence-electron chi connectivity index (χ0n) is 26.6. The maximum absolute atomic E-state index is 10.4. The van der Waals surface area contributed by atoms with Gasteiger partial charge in [0.05, 0.1) is 44.1 Å². The lowest BCUT2D eigenvalue weighted by atomic mass is 9.99. The molecule has 0 atom stereocenters. The Morgan fingerprint density at radius 2 is 0.704 bits per heavy atom. The van der Waals surface area contributed by atoms with E-state index in [1.54, 1.807) is 36.4 Å². The van der Waals surface area contributed by atoms with Gasteiger partial charge in [0.2, 0.25) is 0 Å². The van der Waals surface area contributed by atoms with E-state index in [4.69, 9.17) is 9.97 Å². The van der Waals surface area contributed by atoms with Crippen LogP contribution in [-0.2, 0) is 0 Å². The van der Waals surface area contributed by atoms with Crippen LogP contribution in [0.2, 0.25) is 0 Å². The second kappa shape index (κ2) is 12.9. The molecule has 0 saturated heterocycles. The van der Waals surface area contributed by atoms with Crippen LogP contribution in [0.15, 0.2) is 107 Å². The zero-order chi connectivity index (χ0) is 38.1. The zero-order valence-corrected chi connectivity index (χ0v) is 26.6. The summed E-state index contributed by atoms with van der Waals surface area (Å²) in [7, 11) is 0. The van der Waals surface area contributed by atoms with Crippen LogP contribution in [-0.4, -0.2) is 9.97 Å². The minimum Gasteiger partial charge on any atom is -0.228 e. The average Bonchev–Trinajstić information content (AvgIpc) is 3.95. The third-order valence-corrected chi connectivity index (χ3v) is 8.00. The lowest BCUT2D eigenvalue weighted by Gasteiger charge is -2.11. The van der Waals surface area contributed by atoms with Gasteiger partial charge in [-0.15, -0.1) is 0 Å². The van der Waals surface area contributed by atoms with Crippen molar-refractivity contribution in [2.24, 2.45) is 30.0 Å². The molecule has 0 fully saturated rings. The Morgan fingerprint density at radius 1 is 0.389 bits per heavy atom. The molecule has 54 heavy (non-hydrogen) atoms. The number of aromatic nitrogens is 2. The molecule has 0 aliphatic carbocycles. The molecule has 0 radical (unpaired) electrons. The van der Waals surface area contributed by atoms with E-state index < -0.39 is 0 Å². The molecule has 240 valence electrons. The largest absolute Gasteiger partial charge is 0.228 e. The highest BCUT2D eigenvalue weighted by Crippen LogP contribution is 2.30. The fraction of sp³-hybridized carbons (Fsp3) is 0. The molecular formula is C37H7N17. The Kier molecular flexibility index (Phi) is 7.81. The van der Waals surface area contributed by atoms with Crippen LogP contribution in [0.1, 0.15) is 16.7 Å². The van der Waals surface area contributed by atoms with Gasteiger partial charge in [-0.3, -0.25) is 0 Å². The summed E-state index contributed by atoms with van der Waals surface area (Å²) in [6.45, 7) is 0. The van der Waals surface area contributed by atoms with E-state index in [0.717, 1.165) is 0 Å². The lowest BCUT2D eigenvalue weighted by molar-refractivity contribution is 1.16. The van der Waals surface area contributed by atoms with Crippen LogP contribution in [0, 0.1) is 102 Å². The minimum absolute atomic E-state index is 0.0192. The molecule has 17 nitrogen and oxygen atoms in total. The Balaban J connectivity index is 1.56. The summed E-state index contributed by atoms with van der Waals surface area (Å²) >= 11 is 0. The molecule has 0 bridgehead atoms. The van der Waals surface area contributed by atoms with Gasteiger partial charge in [0.15, 0.2) is 40.0 Å². The van der Waals surface area contributed by atoms with Crippen molar-refractivity contribution in [1.29, 1.82) is 47.4 Å². The molecule has 1 aromatic heterocycles. The maximum atomic E-state index is 10.4. The van der Waals surface area contributed by atoms with E-state index in [1.807, 2.05) is 0 Å². The van der Waals surface area contributed by atoms with E-state index >= 15 is 0 Å². The van der Waals surface area contributed by atoms with Crippen molar-refractivity contribution >= 4 is 0 Å². The highest BCUT2D eigenvalue weighted by atomic mass is 15.0. The van der Waals surface area contributed by atoms with E-state index in [1.165, 1.54) is 42.5 Å². The molecule has 3 aliphatic rings. The molecule has 0 unspecified atom stereocenters. The Bertz CT molecular complexity index is 3010. The van der Waals surface area contributed by atoms with Crippen LogP contribution >= 0.6 is 0 Å². The molecule has 3 aliphatic heterocycles. The number of nitrogens with zero attached hydrogens (tertiary/aromatic N) is 17. The summed E-state index contributed by atoms with van der Waals surface area (Å²) in [5.74, 6) is -0.581. The van der Waals surface area contributed by atoms with Gasteiger partial charge < -0.3 is 0 Å². The standard InChI is InChI=1S/C37H7N17/c38-8-17(9-39)34-47-26-4-1-20(23(14-44)31(26)52-34)29-7-30(21-2-5-27-32(24(21)15-45)53-35(48-27)18(10-40)11-41)51-37(50-29)22-3-6-28-33(25(22)16-46)54-36(49-28)19(12-42)13-43/h1-7H. The highest BCUT2D eigenvalue weighted by molar-refractivity contribution is 5.78. The molecule has 0 spiro atoms. The number of hydrogen-bond donors (Lipinski definition) is 0. The maximum Gasteiger partial charge on any atom is 0.182 e. The summed E-state index contributed by atoms with van der Waals surface area (Å²) in [5.41, 5.74) is -0.363. The first-order chi connectivity index (χ1) is 26.3. The van der Waals surface area contributed by atoms with Gasteiger partial charge in [0.25, 0.3) is 0 Å². The normalized spacial score (nSPS) is 11.9. The molecule has 4 aromatic rings. The summed E-state index contributed by atoms with van der Waals surface area (Å²) in [4.78, 5) is 35.0. The van der Waals surface area contributed by atoms with Crippen molar-refractivity contribution in [3.05, 3.63) is 125 Å². The highest BCUT2D eigenvalue weighted by Gasteiger charge is 2.23. The first kappa shape index (κ1) is 32.7. The second-order valence-corrected chi connectivity index (χ2v) is 10.8. The fourth-order valence-electron chi connectivity index (χ4n) is 5.59. The topological polar surface area (TPSA) is 314 Å². The molecular weight excluding hydrogens is 683 g/mol. The predicted molar refractivity (Wildman–Crippen MR) is 174 cm³/mol. The van der Waals surface area contributed by atoms with Crippen molar-refractivity contribution in [3.8, 4) is 88.5 Å². The Labute approximate surface area is 300 Å². The molecule has 4 heterocycles. The third-order valence-electron chi connectivity index (χ3n) is 8.00. The summed E-state index contributed by atoms with van der Waals surface area (Å²) in [5, 5.41) is 88.2. The van der Waals surface area contributed by atoms with Gasteiger partial charge in [0, 0.05) is 16.7 Å². The second-order valence-electron chi connectivity index (χ2n) is 10.8. The van der Waals surface area contributed by atoms with Gasteiger partial charge in [0.1, 0.15) is 70.7 Å². The smallest absolute Gasteiger partial charge is 0.182 e. The van der Waals surface area contributed by atoms with Crippen molar-refractivity contribution in [2.45, 2.75) is 0 Å². The first-order valence-electron chi connectivity index (χ1n) is 14.9. The molecule has 0 saturated carbocycles. The van der Waals surface area contributed by atoms with E-state index in [-0.39, 0.29) is 117 Å². The molecule has 3 aromatic carbocycles. The van der Waals surface area contributed by atoms with Crippen LogP contribution in [0.5, 0.6) is 0 Å². The monoisotopic (exact) mass is 689 g/mol. The van der Waals surface area contributed by atoms with Gasteiger partial charge in [-0.2, -0.15) is 47.4 Å². The van der Waals surface area contributed by atoms with Crippen molar-refractivity contribution < 1.29 is 0 Å². The molecule has 0 N–H and O–H groups in total. The summed E-state index contributed by atoms with van der Waals surface area (Å²) in [6, 6.07) is 27.2. The van der Waals surface area contributed by atoms with Crippen molar-refractivity contribution in [1.82, 2.24) is 9.97 Å². The summed E-state index contributed by atoms with van der Waals surface area (Å²) < 4.78 is 0. The number of benzene rings is 3. The van der Waals surface area contributed by atoms with Crippen LogP contribution < -0.4 is 32.1 Å². The van der Waals surface area contributed by atoms with Crippen LogP contribution in [0.3, 0.4) is 0 Å². The number of hydrogen-bond acceptors (Lipinski definition) is 17. The Hall–Kier alpha value is -9.83. The number of fused-ring (bicyclic) bond motifs is 3. The third kappa shape index (κ3) is 5.03. The molecule has 0 amide bonds. The fourth-order valence-corrected chi connectivity index (χ4v) is 5.59. The van der Waals surface area contributed by atoms with Gasteiger partial charge >= 0.3 is 0 Å². The van der Waals surface area contributed by atoms with Gasteiger partial charge in [-0.25, -0.2) is 39.9 Å². The van der Waals surface area contributed by atoms with Crippen LogP contribution in [0.25, 0.3) is 33.9 Å². The quantitative estimate of drug-likeness (QED) is 0.268. The SMILES string of the molecule is N#CC(C#N)=C1N=c2ccc(-c3cc(-c4ccc5c(c4C#N)=NC(=C(C#N)C#N)N=5)nc(-c4ccc5c(c4C#N)=NC(=C(C#N)C#N)N=5)n3)c(C#N)c2=N1. The van der Waals surface area contributed by atoms with Gasteiger partial charge in [-0.1, -0.05) is 0 Å². The van der Waals surface area contributed by atoms with Crippen LogP contribution in [0.4, 0.5) is 0 Å². The van der Waals surface area contributed by atoms with Crippen molar-refractivity contribution in [3.63, 3.8) is 0 Å². The number of rotatable bonds is 3. The molecule has 17 heteroatoms. The predicted octanol–water partition coefficient (Wildman–Crippen LogP) is 0.627. The summed E-state index contributed by atoms with van der Waals surface area (Å²) in [6.07, 6.45) is 0.